The van der Waals surface area contributed by atoms with Gasteiger partial charge in [0.05, 0.1) is 17.3 Å². The van der Waals surface area contributed by atoms with Gasteiger partial charge in [-0.15, -0.1) is 22.7 Å². The number of rotatable bonds is 2. The van der Waals surface area contributed by atoms with Crippen LogP contribution in [0.2, 0.25) is 0 Å². The summed E-state index contributed by atoms with van der Waals surface area (Å²) in [6, 6.07) is 0. The molecule has 0 saturated heterocycles. The highest BCUT2D eigenvalue weighted by molar-refractivity contribution is 9.14. The van der Waals surface area contributed by atoms with Crippen LogP contribution in [0.5, 0.6) is 0 Å². The van der Waals surface area contributed by atoms with E-state index in [0.29, 0.717) is 0 Å². The molecule has 0 spiro atoms. The van der Waals surface area contributed by atoms with Gasteiger partial charge in [0.25, 0.3) is 0 Å². The molecule has 0 N–H and O–H groups in total. The number of fused-ring (bicyclic) bond motifs is 1. The molecule has 0 atom stereocenters. The number of halogens is 4. The van der Waals surface area contributed by atoms with E-state index in [1.54, 1.807) is 45.3 Å². The predicted octanol–water partition coefficient (Wildman–Crippen LogP) is 8.88. The maximum Gasteiger partial charge on any atom is 0.155 e. The molecule has 2 nitrogen and oxygen atoms in total. The number of nitrogens with zero attached hydrogens (tertiary/aromatic N) is 2. The SMILES string of the molecule is Cc1c(-c2nc3sc(-c4sc(Br)c(Br)c4C)nc3s2)sc(Br)c1Br. The van der Waals surface area contributed by atoms with Crippen LogP contribution in [0.4, 0.5) is 0 Å². The minimum atomic E-state index is 1.00. The third kappa shape index (κ3) is 2.94. The summed E-state index contributed by atoms with van der Waals surface area (Å²) in [5.41, 5.74) is 2.44. The molecule has 0 unspecified atom stereocenters. The third-order valence-corrected chi connectivity index (χ3v) is 13.3. The van der Waals surface area contributed by atoms with E-state index in [4.69, 9.17) is 9.97 Å². The molecule has 0 bridgehead atoms. The monoisotopic (exact) mass is 646 g/mol. The summed E-state index contributed by atoms with van der Waals surface area (Å²) in [5, 5.41) is 2.07. The molecular formula is C14H6Br4N2S4. The largest absolute Gasteiger partial charge is 0.222 e. The topological polar surface area (TPSA) is 25.8 Å². The number of aromatic nitrogens is 2. The molecule has 24 heavy (non-hydrogen) atoms. The van der Waals surface area contributed by atoms with E-state index in [9.17, 15) is 0 Å². The van der Waals surface area contributed by atoms with E-state index in [2.05, 4.69) is 77.6 Å². The zero-order valence-electron chi connectivity index (χ0n) is 12.0. The summed E-state index contributed by atoms with van der Waals surface area (Å²) in [5.74, 6) is 0. The van der Waals surface area contributed by atoms with Crippen LogP contribution < -0.4 is 0 Å². The molecule has 0 fully saturated rings. The second kappa shape index (κ2) is 6.78. The highest BCUT2D eigenvalue weighted by Crippen LogP contribution is 2.47. The minimum Gasteiger partial charge on any atom is -0.222 e. The Kier molecular flexibility index (Phi) is 5.14. The Hall–Kier alpha value is 0.840. The predicted molar refractivity (Wildman–Crippen MR) is 122 cm³/mol. The summed E-state index contributed by atoms with van der Waals surface area (Å²) in [7, 11) is 0. The van der Waals surface area contributed by atoms with E-state index in [0.717, 1.165) is 36.2 Å². The van der Waals surface area contributed by atoms with Gasteiger partial charge >= 0.3 is 0 Å². The normalized spacial score (nSPS) is 11.8. The molecule has 0 aromatic carbocycles. The van der Waals surface area contributed by atoms with Crippen LogP contribution in [0.15, 0.2) is 16.5 Å². The number of hydrogen-bond acceptors (Lipinski definition) is 6. The van der Waals surface area contributed by atoms with Crippen molar-refractivity contribution >= 4 is 119 Å². The fraction of sp³-hybridized carbons (Fsp3) is 0.143. The number of thiophene rings is 2. The van der Waals surface area contributed by atoms with Gasteiger partial charge in [-0.05, 0) is 88.7 Å². The Bertz CT molecular complexity index is 975. The van der Waals surface area contributed by atoms with Crippen LogP contribution >= 0.6 is 109 Å². The lowest BCUT2D eigenvalue weighted by Gasteiger charge is -1.94. The Morgan fingerprint density at radius 3 is 1.29 bits per heavy atom. The Morgan fingerprint density at radius 1 is 0.625 bits per heavy atom. The molecule has 0 aliphatic heterocycles. The number of thiazole rings is 2. The zero-order chi connectivity index (χ0) is 17.2. The first-order valence-corrected chi connectivity index (χ1v) is 13.0. The van der Waals surface area contributed by atoms with Crippen LogP contribution in [0, 0.1) is 13.8 Å². The molecule has 0 saturated carbocycles. The molecule has 0 aliphatic carbocycles. The molecule has 4 aromatic heterocycles. The van der Waals surface area contributed by atoms with Gasteiger partial charge in [-0.25, -0.2) is 9.97 Å². The molecule has 0 radical (unpaired) electrons. The summed E-state index contributed by atoms with van der Waals surface area (Å²) in [6.45, 7) is 4.22. The smallest absolute Gasteiger partial charge is 0.155 e. The maximum absolute atomic E-state index is 4.83. The summed E-state index contributed by atoms with van der Waals surface area (Å²) in [6.07, 6.45) is 0. The van der Waals surface area contributed by atoms with E-state index in [-0.39, 0.29) is 0 Å². The van der Waals surface area contributed by atoms with Crippen LogP contribution in [0.3, 0.4) is 0 Å². The molecule has 4 rings (SSSR count). The minimum absolute atomic E-state index is 1.00. The molecule has 124 valence electrons. The van der Waals surface area contributed by atoms with Gasteiger partial charge < -0.3 is 0 Å². The van der Waals surface area contributed by atoms with Gasteiger partial charge in [0.2, 0.25) is 0 Å². The fourth-order valence-corrected chi connectivity index (χ4v) is 9.03. The molecule has 4 aromatic rings. The first kappa shape index (κ1) is 18.2. The van der Waals surface area contributed by atoms with Crippen molar-refractivity contribution in [1.82, 2.24) is 9.97 Å². The number of hydrogen-bond donors (Lipinski definition) is 0. The van der Waals surface area contributed by atoms with E-state index in [1.807, 2.05) is 0 Å². The summed E-state index contributed by atoms with van der Waals surface area (Å²) < 4.78 is 4.43. The maximum atomic E-state index is 4.83. The lowest BCUT2D eigenvalue weighted by molar-refractivity contribution is 1.45. The van der Waals surface area contributed by atoms with Gasteiger partial charge in [0.1, 0.15) is 10.0 Å². The van der Waals surface area contributed by atoms with Crippen molar-refractivity contribution in [3.63, 3.8) is 0 Å². The third-order valence-electron chi connectivity index (χ3n) is 3.43. The van der Waals surface area contributed by atoms with Crippen molar-refractivity contribution in [3.8, 4) is 19.8 Å². The van der Waals surface area contributed by atoms with Gasteiger partial charge in [0.15, 0.2) is 9.66 Å². The van der Waals surface area contributed by atoms with Crippen LogP contribution in [-0.2, 0) is 0 Å². The van der Waals surface area contributed by atoms with Gasteiger partial charge in [-0.3, -0.25) is 0 Å². The fourth-order valence-electron chi connectivity index (χ4n) is 2.16. The lowest BCUT2D eigenvalue weighted by atomic mass is 10.3. The molecule has 10 heteroatoms. The first-order valence-electron chi connectivity index (χ1n) is 6.53. The molecule has 0 amide bonds. The molecule has 4 heterocycles. The highest BCUT2D eigenvalue weighted by atomic mass is 79.9. The first-order chi connectivity index (χ1) is 11.4. The summed E-state index contributed by atoms with van der Waals surface area (Å²) in [4.78, 5) is 14.1. The van der Waals surface area contributed by atoms with Gasteiger partial charge in [0, 0.05) is 8.95 Å². The van der Waals surface area contributed by atoms with Crippen molar-refractivity contribution in [1.29, 1.82) is 0 Å². The quantitative estimate of drug-likeness (QED) is 0.217. The van der Waals surface area contributed by atoms with Crippen molar-refractivity contribution in [3.05, 3.63) is 27.6 Å². The van der Waals surface area contributed by atoms with Crippen LogP contribution in [0.25, 0.3) is 29.4 Å². The summed E-state index contributed by atoms with van der Waals surface area (Å²) >= 11 is 21.1. The van der Waals surface area contributed by atoms with Crippen molar-refractivity contribution < 1.29 is 0 Å². The van der Waals surface area contributed by atoms with Crippen molar-refractivity contribution in [2.45, 2.75) is 13.8 Å². The van der Waals surface area contributed by atoms with Crippen molar-refractivity contribution in [2.75, 3.05) is 0 Å². The van der Waals surface area contributed by atoms with E-state index < -0.39 is 0 Å². The van der Waals surface area contributed by atoms with Gasteiger partial charge in [-0.1, -0.05) is 22.7 Å². The van der Waals surface area contributed by atoms with Crippen molar-refractivity contribution in [2.24, 2.45) is 0 Å². The Balaban J connectivity index is 1.80. The Morgan fingerprint density at radius 2 is 1.00 bits per heavy atom. The zero-order valence-corrected chi connectivity index (χ0v) is 21.6. The average Bonchev–Trinajstić information content (AvgIpc) is 3.23. The molecular weight excluding hydrogens is 644 g/mol. The van der Waals surface area contributed by atoms with Gasteiger partial charge in [-0.2, -0.15) is 0 Å². The van der Waals surface area contributed by atoms with E-state index in [1.165, 1.54) is 20.9 Å². The second-order valence-electron chi connectivity index (χ2n) is 4.94. The molecule has 0 aliphatic rings. The highest BCUT2D eigenvalue weighted by Gasteiger charge is 2.21. The Labute approximate surface area is 187 Å². The average molecular weight is 650 g/mol. The van der Waals surface area contributed by atoms with E-state index >= 15 is 0 Å². The van der Waals surface area contributed by atoms with Crippen LogP contribution in [-0.4, -0.2) is 9.97 Å². The second-order valence-corrected chi connectivity index (χ2v) is 13.2. The van der Waals surface area contributed by atoms with Crippen LogP contribution in [0.1, 0.15) is 11.1 Å². The lowest BCUT2D eigenvalue weighted by Crippen LogP contribution is -1.75. The standard InChI is InChI=1S/C14H6Br4N2S4/c1-3-5(15)9(17)21-7(3)11-19-13-14(23-11)20-12(24-13)8-4(2)6(16)10(18)22-8/h1-2H3.